The van der Waals surface area contributed by atoms with Crippen LogP contribution in [0, 0.1) is 0 Å². The molecule has 2 aliphatic rings. The molecule has 0 aromatic heterocycles. The first-order valence-electron chi connectivity index (χ1n) is 9.34. The summed E-state index contributed by atoms with van der Waals surface area (Å²) in [5.74, 6) is 0.0949. The fourth-order valence-corrected chi connectivity index (χ4v) is 3.67. The summed E-state index contributed by atoms with van der Waals surface area (Å²) < 4.78 is 0. The molecule has 6 heteroatoms. The molecule has 5 nitrogen and oxygen atoms in total. The van der Waals surface area contributed by atoms with Crippen LogP contribution in [0.5, 0.6) is 0 Å². The molecule has 0 aliphatic carbocycles. The van der Waals surface area contributed by atoms with E-state index in [0.29, 0.717) is 31.1 Å². The molecule has 2 aliphatic heterocycles. The number of nitrogens with zero attached hydrogens (tertiary/aromatic N) is 3. The van der Waals surface area contributed by atoms with E-state index in [2.05, 4.69) is 4.90 Å². The van der Waals surface area contributed by atoms with Crippen molar-refractivity contribution in [1.82, 2.24) is 14.7 Å². The number of halogens is 1. The lowest BCUT2D eigenvalue weighted by atomic mass is 10.2. The maximum Gasteiger partial charge on any atom is 0.246 e. The molecule has 2 heterocycles. The van der Waals surface area contributed by atoms with Gasteiger partial charge in [-0.2, -0.15) is 0 Å². The van der Waals surface area contributed by atoms with Crippen molar-refractivity contribution in [1.29, 1.82) is 0 Å². The van der Waals surface area contributed by atoms with Crippen molar-refractivity contribution in [2.24, 2.45) is 0 Å². The molecule has 2 saturated heterocycles. The Morgan fingerprint density at radius 1 is 1.08 bits per heavy atom. The van der Waals surface area contributed by atoms with Gasteiger partial charge in [0, 0.05) is 50.2 Å². The van der Waals surface area contributed by atoms with Gasteiger partial charge in [0.1, 0.15) is 0 Å². The molecule has 140 valence electrons. The Kier molecular flexibility index (Phi) is 6.69. The SMILES string of the molecule is O=C(C=Cc1cccc(Cl)c1)N1CCC(=O)N(CCN2CCCC2)CC1. The van der Waals surface area contributed by atoms with E-state index >= 15 is 0 Å². The van der Waals surface area contributed by atoms with Crippen molar-refractivity contribution in [3.05, 3.63) is 40.9 Å². The van der Waals surface area contributed by atoms with Crippen molar-refractivity contribution < 1.29 is 9.59 Å². The number of likely N-dealkylation sites (tertiary alicyclic amines) is 1. The second-order valence-corrected chi connectivity index (χ2v) is 7.33. The Labute approximate surface area is 160 Å². The molecule has 0 N–H and O–H groups in total. The molecule has 3 rings (SSSR count). The van der Waals surface area contributed by atoms with Crippen LogP contribution in [-0.4, -0.2) is 72.3 Å². The first-order valence-corrected chi connectivity index (χ1v) is 9.72. The van der Waals surface area contributed by atoms with Gasteiger partial charge in [0.15, 0.2) is 0 Å². The van der Waals surface area contributed by atoms with Crippen molar-refractivity contribution in [2.45, 2.75) is 19.3 Å². The Bertz CT molecular complexity index is 671. The van der Waals surface area contributed by atoms with Crippen LogP contribution in [-0.2, 0) is 9.59 Å². The highest BCUT2D eigenvalue weighted by Gasteiger charge is 2.23. The maximum absolute atomic E-state index is 12.5. The molecular weight excluding hydrogens is 350 g/mol. The minimum atomic E-state index is -0.0563. The normalized spacial score (nSPS) is 19.3. The second kappa shape index (κ2) is 9.19. The van der Waals surface area contributed by atoms with Crippen molar-refractivity contribution >= 4 is 29.5 Å². The summed E-state index contributed by atoms with van der Waals surface area (Å²) in [6.07, 6.45) is 6.25. The molecular formula is C20H26ClN3O2. The summed E-state index contributed by atoms with van der Waals surface area (Å²) in [5.41, 5.74) is 0.893. The van der Waals surface area contributed by atoms with Gasteiger partial charge in [-0.25, -0.2) is 0 Å². The van der Waals surface area contributed by atoms with Gasteiger partial charge in [-0.1, -0.05) is 23.7 Å². The highest BCUT2D eigenvalue weighted by molar-refractivity contribution is 6.30. The van der Waals surface area contributed by atoms with E-state index in [1.165, 1.54) is 12.8 Å². The lowest BCUT2D eigenvalue weighted by Gasteiger charge is -2.24. The summed E-state index contributed by atoms with van der Waals surface area (Å²) >= 11 is 5.96. The Balaban J connectivity index is 1.51. The van der Waals surface area contributed by atoms with E-state index in [1.54, 1.807) is 23.1 Å². The predicted octanol–water partition coefficient (Wildman–Crippen LogP) is 2.51. The average molecular weight is 376 g/mol. The largest absolute Gasteiger partial charge is 0.340 e. The van der Waals surface area contributed by atoms with E-state index in [1.807, 2.05) is 23.1 Å². The summed E-state index contributed by atoms with van der Waals surface area (Å²) in [6.45, 7) is 5.67. The van der Waals surface area contributed by atoms with Crippen molar-refractivity contribution in [3.8, 4) is 0 Å². The van der Waals surface area contributed by atoms with Crippen LogP contribution in [0.3, 0.4) is 0 Å². The minimum absolute atomic E-state index is 0.0563. The van der Waals surface area contributed by atoms with Gasteiger partial charge in [-0.05, 0) is 49.7 Å². The molecule has 0 bridgehead atoms. The maximum atomic E-state index is 12.5. The van der Waals surface area contributed by atoms with E-state index in [-0.39, 0.29) is 11.8 Å². The Morgan fingerprint density at radius 2 is 1.88 bits per heavy atom. The van der Waals surface area contributed by atoms with E-state index in [4.69, 9.17) is 11.6 Å². The van der Waals surface area contributed by atoms with Crippen molar-refractivity contribution in [3.63, 3.8) is 0 Å². The van der Waals surface area contributed by atoms with Crippen LogP contribution in [0.2, 0.25) is 5.02 Å². The molecule has 0 saturated carbocycles. The number of benzene rings is 1. The van der Waals surface area contributed by atoms with E-state index in [9.17, 15) is 9.59 Å². The molecule has 0 unspecified atom stereocenters. The zero-order valence-corrected chi connectivity index (χ0v) is 15.8. The number of hydrogen-bond donors (Lipinski definition) is 0. The number of carbonyl (C=O) groups is 2. The number of hydrogen-bond acceptors (Lipinski definition) is 3. The van der Waals surface area contributed by atoms with Gasteiger partial charge in [0.05, 0.1) is 0 Å². The van der Waals surface area contributed by atoms with Crippen LogP contribution >= 0.6 is 11.6 Å². The summed E-state index contributed by atoms with van der Waals surface area (Å²) in [4.78, 5) is 30.9. The molecule has 0 atom stereocenters. The lowest BCUT2D eigenvalue weighted by Crippen LogP contribution is -2.39. The Hall–Kier alpha value is -1.85. The zero-order chi connectivity index (χ0) is 18.4. The van der Waals surface area contributed by atoms with Crippen LogP contribution in [0.15, 0.2) is 30.3 Å². The highest BCUT2D eigenvalue weighted by Crippen LogP contribution is 2.13. The quantitative estimate of drug-likeness (QED) is 0.743. The zero-order valence-electron chi connectivity index (χ0n) is 15.1. The van der Waals surface area contributed by atoms with Gasteiger partial charge in [-0.15, -0.1) is 0 Å². The topological polar surface area (TPSA) is 43.9 Å². The summed E-state index contributed by atoms with van der Waals surface area (Å²) in [5, 5.41) is 0.647. The number of rotatable bonds is 5. The molecule has 1 aromatic carbocycles. The number of carbonyl (C=O) groups excluding carboxylic acids is 2. The van der Waals surface area contributed by atoms with Gasteiger partial charge < -0.3 is 14.7 Å². The Morgan fingerprint density at radius 3 is 2.65 bits per heavy atom. The molecule has 0 spiro atoms. The fourth-order valence-electron chi connectivity index (χ4n) is 3.48. The lowest BCUT2D eigenvalue weighted by molar-refractivity contribution is -0.130. The monoisotopic (exact) mass is 375 g/mol. The van der Waals surface area contributed by atoms with Crippen LogP contribution in [0.4, 0.5) is 0 Å². The van der Waals surface area contributed by atoms with Gasteiger partial charge in [0.2, 0.25) is 11.8 Å². The fraction of sp³-hybridized carbons (Fsp3) is 0.500. The van der Waals surface area contributed by atoms with Crippen LogP contribution < -0.4 is 0 Å². The molecule has 2 fully saturated rings. The van der Waals surface area contributed by atoms with E-state index in [0.717, 1.165) is 31.7 Å². The van der Waals surface area contributed by atoms with Crippen LogP contribution in [0.25, 0.3) is 6.08 Å². The smallest absolute Gasteiger partial charge is 0.246 e. The molecule has 2 amide bonds. The van der Waals surface area contributed by atoms with E-state index < -0.39 is 0 Å². The standard InChI is InChI=1S/C20H26ClN3O2/c21-18-5-3-4-17(16-18)6-7-19(25)23-11-8-20(26)24(15-14-23)13-12-22-9-1-2-10-22/h3-7,16H,1-2,8-15H2. The molecule has 0 radical (unpaired) electrons. The van der Waals surface area contributed by atoms with Crippen LogP contribution in [0.1, 0.15) is 24.8 Å². The first-order chi connectivity index (χ1) is 12.6. The second-order valence-electron chi connectivity index (χ2n) is 6.89. The predicted molar refractivity (Wildman–Crippen MR) is 104 cm³/mol. The minimum Gasteiger partial charge on any atom is -0.340 e. The third-order valence-electron chi connectivity index (χ3n) is 5.05. The highest BCUT2D eigenvalue weighted by atomic mass is 35.5. The third-order valence-corrected chi connectivity index (χ3v) is 5.29. The van der Waals surface area contributed by atoms with Gasteiger partial charge >= 0.3 is 0 Å². The average Bonchev–Trinajstić information content (AvgIpc) is 3.08. The molecule has 1 aromatic rings. The summed E-state index contributed by atoms with van der Waals surface area (Å²) in [7, 11) is 0. The van der Waals surface area contributed by atoms with Gasteiger partial charge in [0.25, 0.3) is 0 Å². The first kappa shape index (κ1) is 18.9. The third kappa shape index (κ3) is 5.32. The van der Waals surface area contributed by atoms with Gasteiger partial charge in [-0.3, -0.25) is 9.59 Å². The number of amides is 2. The summed E-state index contributed by atoms with van der Waals surface area (Å²) in [6, 6.07) is 7.38. The van der Waals surface area contributed by atoms with Crippen molar-refractivity contribution in [2.75, 3.05) is 45.8 Å². The molecule has 26 heavy (non-hydrogen) atoms.